The minimum atomic E-state index is -0.700. The monoisotopic (exact) mass is 362 g/mol. The molecule has 0 spiro atoms. The van der Waals surface area contributed by atoms with Crippen LogP contribution in [0.3, 0.4) is 0 Å². The van der Waals surface area contributed by atoms with Crippen molar-refractivity contribution in [1.82, 2.24) is 15.5 Å². The van der Waals surface area contributed by atoms with Crippen molar-refractivity contribution in [3.8, 4) is 11.5 Å². The molecule has 27 heavy (non-hydrogen) atoms. The van der Waals surface area contributed by atoms with Crippen LogP contribution in [0, 0.1) is 6.92 Å². The summed E-state index contributed by atoms with van der Waals surface area (Å²) in [5.41, 5.74) is 3.35. The zero-order valence-corrected chi connectivity index (χ0v) is 15.0. The summed E-state index contributed by atoms with van der Waals surface area (Å²) >= 11 is 0. The molecular formula is C20H18N4O3. The first-order valence-electron chi connectivity index (χ1n) is 8.60. The third-order valence-corrected chi connectivity index (χ3v) is 4.43. The number of carbonyl (C=O) groups is 2. The molecule has 2 aromatic carbocycles. The average Bonchev–Trinajstić information content (AvgIpc) is 3.21. The van der Waals surface area contributed by atoms with Gasteiger partial charge in [-0.1, -0.05) is 35.9 Å². The summed E-state index contributed by atoms with van der Waals surface area (Å²) < 4.78 is 5.73. The van der Waals surface area contributed by atoms with Gasteiger partial charge in [0.1, 0.15) is 12.6 Å². The Bertz CT molecular complexity index is 1010. The standard InChI is InChI=1S/C20H18N4O3/c1-12-8-9-16-15(10-12)18(21-13(2)25)20(26)24(16)11-17-22-23-19(27-17)14-6-4-3-5-7-14/h3-10,18H,11H2,1-2H3,(H,21,25)/t18-/m0/s1. The summed E-state index contributed by atoms with van der Waals surface area (Å²) in [5, 5.41) is 10.9. The van der Waals surface area contributed by atoms with Crippen LogP contribution in [0.15, 0.2) is 52.9 Å². The number of amides is 2. The molecule has 0 aliphatic carbocycles. The Hall–Kier alpha value is -3.48. The molecule has 0 saturated carbocycles. The highest BCUT2D eigenvalue weighted by Crippen LogP contribution is 2.37. The van der Waals surface area contributed by atoms with Crippen molar-refractivity contribution in [2.45, 2.75) is 26.4 Å². The van der Waals surface area contributed by atoms with Gasteiger partial charge in [-0.05, 0) is 25.1 Å². The number of rotatable bonds is 4. The fourth-order valence-electron chi connectivity index (χ4n) is 3.21. The molecule has 0 saturated heterocycles. The predicted octanol–water partition coefficient (Wildman–Crippen LogP) is 2.77. The Kier molecular flexibility index (Phi) is 4.19. The number of fused-ring (bicyclic) bond motifs is 1. The van der Waals surface area contributed by atoms with E-state index in [0.29, 0.717) is 11.8 Å². The van der Waals surface area contributed by atoms with Crippen molar-refractivity contribution >= 4 is 17.5 Å². The van der Waals surface area contributed by atoms with Crippen LogP contribution >= 0.6 is 0 Å². The van der Waals surface area contributed by atoms with E-state index in [1.165, 1.54) is 6.92 Å². The third kappa shape index (κ3) is 3.19. The summed E-state index contributed by atoms with van der Waals surface area (Å²) in [7, 11) is 0. The van der Waals surface area contributed by atoms with Crippen molar-refractivity contribution in [2.75, 3.05) is 4.90 Å². The molecule has 7 heteroatoms. The second kappa shape index (κ2) is 6.68. The van der Waals surface area contributed by atoms with Crippen LogP contribution < -0.4 is 10.2 Å². The molecule has 4 rings (SSSR count). The molecule has 1 aliphatic rings. The van der Waals surface area contributed by atoms with Crippen molar-refractivity contribution in [3.05, 3.63) is 65.5 Å². The number of carbonyl (C=O) groups excluding carboxylic acids is 2. The first-order valence-corrected chi connectivity index (χ1v) is 8.60. The highest BCUT2D eigenvalue weighted by Gasteiger charge is 2.38. The van der Waals surface area contributed by atoms with E-state index >= 15 is 0 Å². The van der Waals surface area contributed by atoms with E-state index in [0.717, 1.165) is 22.4 Å². The van der Waals surface area contributed by atoms with Crippen LogP contribution in [0.4, 0.5) is 5.69 Å². The van der Waals surface area contributed by atoms with Crippen molar-refractivity contribution < 1.29 is 14.0 Å². The largest absolute Gasteiger partial charge is 0.419 e. The van der Waals surface area contributed by atoms with Gasteiger partial charge in [0.15, 0.2) is 0 Å². The molecule has 1 aromatic heterocycles. The fourth-order valence-corrected chi connectivity index (χ4v) is 3.21. The van der Waals surface area contributed by atoms with Crippen LogP contribution in [0.5, 0.6) is 0 Å². The van der Waals surface area contributed by atoms with Crippen LogP contribution in [0.1, 0.15) is 30.0 Å². The molecule has 2 amide bonds. The van der Waals surface area contributed by atoms with Gasteiger partial charge < -0.3 is 14.6 Å². The number of anilines is 1. The van der Waals surface area contributed by atoms with Gasteiger partial charge in [0.05, 0.1) is 5.69 Å². The Morgan fingerprint density at radius 3 is 2.70 bits per heavy atom. The number of nitrogens with one attached hydrogen (secondary N) is 1. The molecule has 3 aromatic rings. The van der Waals surface area contributed by atoms with Gasteiger partial charge in [-0.3, -0.25) is 9.59 Å². The molecule has 0 fully saturated rings. The molecule has 1 aliphatic heterocycles. The Morgan fingerprint density at radius 2 is 1.96 bits per heavy atom. The summed E-state index contributed by atoms with van der Waals surface area (Å²) in [6, 6.07) is 14.5. The summed E-state index contributed by atoms with van der Waals surface area (Å²) in [6.07, 6.45) is 0. The fraction of sp³-hybridized carbons (Fsp3) is 0.200. The van der Waals surface area contributed by atoms with Gasteiger partial charge in [0.2, 0.25) is 17.7 Å². The molecule has 1 atom stereocenters. The van der Waals surface area contributed by atoms with Crippen LogP contribution in [-0.4, -0.2) is 22.0 Å². The lowest BCUT2D eigenvalue weighted by molar-refractivity contribution is -0.126. The minimum Gasteiger partial charge on any atom is -0.419 e. The lowest BCUT2D eigenvalue weighted by Gasteiger charge is -2.15. The maximum atomic E-state index is 12.9. The molecule has 0 bridgehead atoms. The summed E-state index contributed by atoms with van der Waals surface area (Å²) in [5.74, 6) is 0.258. The second-order valence-corrected chi connectivity index (χ2v) is 6.49. The average molecular weight is 362 g/mol. The van der Waals surface area contributed by atoms with Crippen LogP contribution in [0.2, 0.25) is 0 Å². The maximum Gasteiger partial charge on any atom is 0.254 e. The van der Waals surface area contributed by atoms with E-state index in [9.17, 15) is 9.59 Å². The highest BCUT2D eigenvalue weighted by molar-refractivity contribution is 6.06. The van der Waals surface area contributed by atoms with Crippen LogP contribution in [0.25, 0.3) is 11.5 Å². The van der Waals surface area contributed by atoms with Gasteiger partial charge in [0.25, 0.3) is 5.91 Å². The van der Waals surface area contributed by atoms with Gasteiger partial charge in [0, 0.05) is 18.1 Å². The lowest BCUT2D eigenvalue weighted by Crippen LogP contribution is -2.36. The second-order valence-electron chi connectivity index (χ2n) is 6.49. The van der Waals surface area contributed by atoms with Crippen molar-refractivity contribution in [2.24, 2.45) is 0 Å². The zero-order chi connectivity index (χ0) is 19.0. The lowest BCUT2D eigenvalue weighted by atomic mass is 10.1. The normalized spacial score (nSPS) is 15.7. The Morgan fingerprint density at radius 1 is 1.19 bits per heavy atom. The van der Waals surface area contributed by atoms with Gasteiger partial charge in [-0.15, -0.1) is 10.2 Å². The molecule has 136 valence electrons. The van der Waals surface area contributed by atoms with Crippen LogP contribution in [-0.2, 0) is 16.1 Å². The highest BCUT2D eigenvalue weighted by atomic mass is 16.4. The predicted molar refractivity (Wildman–Crippen MR) is 98.7 cm³/mol. The van der Waals surface area contributed by atoms with E-state index in [2.05, 4.69) is 15.5 Å². The Labute approximate surface area is 156 Å². The first kappa shape index (κ1) is 17.0. The minimum absolute atomic E-state index is 0.144. The third-order valence-electron chi connectivity index (χ3n) is 4.43. The zero-order valence-electron chi connectivity index (χ0n) is 15.0. The van der Waals surface area contributed by atoms with E-state index < -0.39 is 6.04 Å². The van der Waals surface area contributed by atoms with E-state index in [1.807, 2.05) is 55.5 Å². The molecule has 7 nitrogen and oxygen atoms in total. The smallest absolute Gasteiger partial charge is 0.254 e. The van der Waals surface area contributed by atoms with Gasteiger partial charge in [-0.25, -0.2) is 0 Å². The van der Waals surface area contributed by atoms with Gasteiger partial charge in [-0.2, -0.15) is 0 Å². The van der Waals surface area contributed by atoms with E-state index in [1.54, 1.807) is 4.90 Å². The number of hydrogen-bond acceptors (Lipinski definition) is 5. The van der Waals surface area contributed by atoms with E-state index in [-0.39, 0.29) is 18.4 Å². The first-order chi connectivity index (χ1) is 13.0. The SMILES string of the molecule is CC(=O)N[C@@H]1C(=O)N(Cc2nnc(-c3ccccc3)o2)c2ccc(C)cc21. The number of benzene rings is 2. The number of hydrogen-bond donors (Lipinski definition) is 1. The number of aromatic nitrogens is 2. The quantitative estimate of drug-likeness (QED) is 0.771. The molecule has 0 unspecified atom stereocenters. The molecule has 1 N–H and O–H groups in total. The molecule has 0 radical (unpaired) electrons. The van der Waals surface area contributed by atoms with Gasteiger partial charge >= 0.3 is 0 Å². The molecular weight excluding hydrogens is 344 g/mol. The maximum absolute atomic E-state index is 12.9. The summed E-state index contributed by atoms with van der Waals surface area (Å²) in [4.78, 5) is 26.0. The Balaban J connectivity index is 1.64. The number of aryl methyl sites for hydroxylation is 1. The van der Waals surface area contributed by atoms with Crippen molar-refractivity contribution in [1.29, 1.82) is 0 Å². The topological polar surface area (TPSA) is 88.3 Å². The van der Waals surface area contributed by atoms with Crippen molar-refractivity contribution in [3.63, 3.8) is 0 Å². The van der Waals surface area contributed by atoms with E-state index in [4.69, 9.17) is 4.42 Å². The summed E-state index contributed by atoms with van der Waals surface area (Å²) in [6.45, 7) is 3.49. The molecule has 2 heterocycles. The number of nitrogens with zero attached hydrogens (tertiary/aromatic N) is 3.